The first-order valence-corrected chi connectivity index (χ1v) is 7.87. The molecular weight excluding hydrogens is 312 g/mol. The van der Waals surface area contributed by atoms with Gasteiger partial charge < -0.3 is 5.73 Å². The minimum absolute atomic E-state index is 0.299. The molecule has 25 heavy (non-hydrogen) atoms. The van der Waals surface area contributed by atoms with Crippen molar-refractivity contribution in [2.24, 2.45) is 0 Å². The molecule has 3 aromatic carbocycles. The van der Waals surface area contributed by atoms with Gasteiger partial charge in [0.1, 0.15) is 0 Å². The number of imide groups is 1. The molecule has 0 saturated heterocycles. The largest absolute Gasteiger partial charge is 0.399 e. The minimum Gasteiger partial charge on any atom is -0.399 e. The smallest absolute Gasteiger partial charge is 0.257 e. The van der Waals surface area contributed by atoms with Crippen molar-refractivity contribution in [3.63, 3.8) is 0 Å². The lowest BCUT2D eigenvalue weighted by Crippen LogP contribution is -2.35. The fraction of sp³-hybridized carbons (Fsp3) is 0.0476. The Morgan fingerprint density at radius 1 is 0.880 bits per heavy atom. The van der Waals surface area contributed by atoms with Crippen molar-refractivity contribution in [1.82, 2.24) is 5.32 Å². The molecule has 123 valence electrons. The number of rotatable bonds is 4. The molecule has 0 unspecified atom stereocenters. The number of hydrogen-bond acceptors (Lipinski definition) is 3. The summed E-state index contributed by atoms with van der Waals surface area (Å²) >= 11 is 0. The normalized spacial score (nSPS) is 10.4. The number of anilines is 1. The summed E-state index contributed by atoms with van der Waals surface area (Å²) < 4.78 is 0. The van der Waals surface area contributed by atoms with Crippen LogP contribution in [0.4, 0.5) is 5.69 Å². The lowest BCUT2D eigenvalue weighted by Gasteiger charge is -2.17. The molecule has 0 heterocycles. The van der Waals surface area contributed by atoms with Gasteiger partial charge in [0.05, 0.1) is 5.92 Å². The lowest BCUT2D eigenvalue weighted by molar-refractivity contribution is -0.120. The van der Waals surface area contributed by atoms with Gasteiger partial charge in [-0.25, -0.2) is 0 Å². The number of nitrogens with two attached hydrogens (primary N) is 1. The Balaban J connectivity index is 1.89. The second kappa shape index (κ2) is 7.45. The molecule has 0 saturated carbocycles. The van der Waals surface area contributed by atoms with Crippen LogP contribution in [-0.2, 0) is 4.79 Å². The van der Waals surface area contributed by atoms with E-state index in [4.69, 9.17) is 5.73 Å². The highest BCUT2D eigenvalue weighted by molar-refractivity contribution is 6.07. The van der Waals surface area contributed by atoms with Crippen molar-refractivity contribution in [3.05, 3.63) is 102 Å². The lowest BCUT2D eigenvalue weighted by atomic mass is 9.90. The van der Waals surface area contributed by atoms with Crippen LogP contribution < -0.4 is 11.1 Å². The van der Waals surface area contributed by atoms with Gasteiger partial charge in [0, 0.05) is 11.3 Å². The monoisotopic (exact) mass is 329 g/mol. The summed E-state index contributed by atoms with van der Waals surface area (Å²) in [6, 6.07) is 26.1. The van der Waals surface area contributed by atoms with Crippen LogP contribution in [0.25, 0.3) is 0 Å². The Morgan fingerprint density at radius 3 is 1.96 bits per heavy atom. The Kier molecular flexibility index (Phi) is 4.90. The second-order valence-corrected chi connectivity index (χ2v) is 5.63. The third kappa shape index (κ3) is 3.93. The van der Waals surface area contributed by atoms with Gasteiger partial charge in [-0.15, -0.1) is 0 Å². The van der Waals surface area contributed by atoms with Crippen LogP contribution in [0.1, 0.15) is 27.4 Å². The van der Waals surface area contributed by atoms with Gasteiger partial charge in [-0.1, -0.05) is 60.7 Å². The molecule has 3 N–H and O–H groups in total. The van der Waals surface area contributed by atoms with Gasteiger partial charge in [-0.2, -0.15) is 0 Å². The summed E-state index contributed by atoms with van der Waals surface area (Å²) in [5.74, 6) is -1.45. The Bertz CT molecular complexity index is 837. The molecule has 0 bridgehead atoms. The zero-order valence-electron chi connectivity index (χ0n) is 13.5. The summed E-state index contributed by atoms with van der Waals surface area (Å²) in [4.78, 5) is 25.2. The Labute approximate surface area is 146 Å². The summed E-state index contributed by atoms with van der Waals surface area (Å²) in [5, 5.41) is 2.47. The standard InChI is InChI=1S/C21H17N2O2/c22-18-13-7-12-17(14-18)20(24)23-21(25)19(15-8-3-1-4-9-15)16-10-5-2-6-11-16/h1-6,8-14,19H,22H2,(H,23,24,25). The number of amides is 2. The Morgan fingerprint density at radius 2 is 1.44 bits per heavy atom. The van der Waals surface area contributed by atoms with Crippen LogP contribution in [0.3, 0.4) is 0 Å². The highest BCUT2D eigenvalue weighted by Crippen LogP contribution is 2.24. The van der Waals surface area contributed by atoms with Crippen LogP contribution in [0.5, 0.6) is 0 Å². The first-order valence-electron chi connectivity index (χ1n) is 7.87. The number of nitrogens with one attached hydrogen (secondary N) is 1. The third-order valence-electron chi connectivity index (χ3n) is 3.84. The maximum Gasteiger partial charge on any atom is 0.257 e. The van der Waals surface area contributed by atoms with Gasteiger partial charge in [0.2, 0.25) is 5.91 Å². The molecule has 0 atom stereocenters. The van der Waals surface area contributed by atoms with E-state index < -0.39 is 11.8 Å². The zero-order chi connectivity index (χ0) is 17.6. The van der Waals surface area contributed by atoms with Crippen molar-refractivity contribution < 1.29 is 9.59 Å². The van der Waals surface area contributed by atoms with E-state index in [-0.39, 0.29) is 5.91 Å². The molecule has 0 fully saturated rings. The van der Waals surface area contributed by atoms with E-state index >= 15 is 0 Å². The quantitative estimate of drug-likeness (QED) is 0.722. The fourth-order valence-corrected chi connectivity index (χ4v) is 2.66. The topological polar surface area (TPSA) is 72.2 Å². The van der Waals surface area contributed by atoms with Crippen molar-refractivity contribution in [2.75, 3.05) is 5.73 Å². The van der Waals surface area contributed by atoms with Crippen molar-refractivity contribution in [1.29, 1.82) is 0 Å². The van der Waals surface area contributed by atoms with Gasteiger partial charge in [-0.05, 0) is 35.4 Å². The maximum absolute atomic E-state index is 12.8. The third-order valence-corrected chi connectivity index (χ3v) is 3.84. The molecule has 0 aliphatic carbocycles. The van der Waals surface area contributed by atoms with Crippen molar-refractivity contribution in [3.8, 4) is 0 Å². The number of benzene rings is 3. The molecule has 0 aromatic heterocycles. The minimum atomic E-state index is -0.573. The van der Waals surface area contributed by atoms with E-state index in [2.05, 4.69) is 11.4 Å². The van der Waals surface area contributed by atoms with Crippen LogP contribution >= 0.6 is 0 Å². The fourth-order valence-electron chi connectivity index (χ4n) is 2.66. The molecule has 3 rings (SSSR count). The first-order chi connectivity index (χ1) is 12.1. The number of carbonyl (C=O) groups is 2. The van der Waals surface area contributed by atoms with E-state index in [0.29, 0.717) is 11.3 Å². The van der Waals surface area contributed by atoms with E-state index in [1.807, 2.05) is 60.7 Å². The molecule has 2 amide bonds. The SMILES string of the molecule is Nc1c[c]cc(C(=O)NC(=O)C(c2ccccc2)c2ccccc2)c1. The zero-order valence-corrected chi connectivity index (χ0v) is 13.5. The molecule has 0 aliphatic rings. The molecular formula is C21H17N2O2. The van der Waals surface area contributed by atoms with Crippen LogP contribution in [0.2, 0.25) is 0 Å². The number of nitrogen functional groups attached to an aromatic ring is 1. The molecule has 4 heteroatoms. The predicted molar refractivity (Wildman–Crippen MR) is 96.9 cm³/mol. The van der Waals surface area contributed by atoms with Crippen LogP contribution in [0.15, 0.2) is 78.9 Å². The molecule has 4 nitrogen and oxygen atoms in total. The summed E-state index contributed by atoms with van der Waals surface area (Å²) in [6.45, 7) is 0. The number of hydrogen-bond donors (Lipinski definition) is 2. The van der Waals surface area contributed by atoms with E-state index in [1.54, 1.807) is 6.07 Å². The molecule has 1 radical (unpaired) electrons. The maximum atomic E-state index is 12.8. The van der Waals surface area contributed by atoms with Gasteiger partial charge >= 0.3 is 0 Å². The van der Waals surface area contributed by atoms with Gasteiger partial charge in [0.15, 0.2) is 0 Å². The van der Waals surface area contributed by atoms with E-state index in [0.717, 1.165) is 11.1 Å². The molecule has 0 spiro atoms. The second-order valence-electron chi connectivity index (χ2n) is 5.63. The first kappa shape index (κ1) is 16.5. The van der Waals surface area contributed by atoms with Crippen molar-refractivity contribution >= 4 is 17.5 Å². The van der Waals surface area contributed by atoms with Crippen LogP contribution in [0, 0.1) is 6.07 Å². The van der Waals surface area contributed by atoms with Crippen molar-refractivity contribution in [2.45, 2.75) is 5.92 Å². The molecule has 3 aromatic rings. The highest BCUT2D eigenvalue weighted by atomic mass is 16.2. The number of carbonyl (C=O) groups excluding carboxylic acids is 2. The van der Waals surface area contributed by atoms with Gasteiger partial charge in [-0.3, -0.25) is 14.9 Å². The Hall–Kier alpha value is -3.40. The average molecular weight is 329 g/mol. The van der Waals surface area contributed by atoms with E-state index in [1.165, 1.54) is 12.1 Å². The average Bonchev–Trinajstić information content (AvgIpc) is 2.63. The highest BCUT2D eigenvalue weighted by Gasteiger charge is 2.24. The molecule has 0 aliphatic heterocycles. The predicted octanol–water partition coefficient (Wildman–Crippen LogP) is 3.16. The van der Waals surface area contributed by atoms with E-state index in [9.17, 15) is 9.59 Å². The van der Waals surface area contributed by atoms with Gasteiger partial charge in [0.25, 0.3) is 5.91 Å². The summed E-state index contributed by atoms with van der Waals surface area (Å²) in [6.07, 6.45) is 0. The summed E-state index contributed by atoms with van der Waals surface area (Å²) in [7, 11) is 0. The van der Waals surface area contributed by atoms with Crippen LogP contribution in [-0.4, -0.2) is 11.8 Å². The summed E-state index contributed by atoms with van der Waals surface area (Å²) in [5.41, 5.74) is 8.03.